The predicted molar refractivity (Wildman–Crippen MR) is 92.3 cm³/mol. The monoisotopic (exact) mass is 343 g/mol. The van der Waals surface area contributed by atoms with Crippen LogP contribution in [0.5, 0.6) is 0 Å². The molecule has 4 rings (SSSR count). The molecule has 1 N–H and O–H groups in total. The lowest BCUT2D eigenvalue weighted by Gasteiger charge is -2.42. The first-order chi connectivity index (χ1) is 11.7. The van der Waals surface area contributed by atoms with Gasteiger partial charge in [0.25, 0.3) is 5.91 Å². The number of benzene rings is 1. The smallest absolute Gasteiger partial charge is 0.267 e. The molecule has 1 aliphatic carbocycles. The lowest BCUT2D eigenvalue weighted by Crippen LogP contribution is -2.49. The van der Waals surface area contributed by atoms with Crippen LogP contribution in [-0.2, 0) is 18.3 Å². The summed E-state index contributed by atoms with van der Waals surface area (Å²) < 4.78 is 3.93. The number of nitrogens with zero attached hydrogens (tertiary/aromatic N) is 3. The number of amides is 1. The molecule has 1 saturated heterocycles. The molecular weight excluding hydrogens is 322 g/mol. The van der Waals surface area contributed by atoms with Crippen LogP contribution >= 0.6 is 11.5 Å². The van der Waals surface area contributed by atoms with Crippen molar-refractivity contribution in [2.45, 2.75) is 44.1 Å². The SMILES string of the molecule is CCc1nnsc1C(=O)N1CCC2(CC1)c1ccccc1CC2O. The number of aliphatic hydroxyl groups is 1. The summed E-state index contributed by atoms with van der Waals surface area (Å²) in [4.78, 5) is 15.3. The zero-order chi connectivity index (χ0) is 16.7. The molecule has 1 fully saturated rings. The predicted octanol–water partition coefficient (Wildman–Crippen LogP) is 2.19. The molecule has 1 unspecified atom stereocenters. The summed E-state index contributed by atoms with van der Waals surface area (Å²) in [6, 6.07) is 8.34. The van der Waals surface area contributed by atoms with E-state index in [1.807, 2.05) is 24.0 Å². The highest BCUT2D eigenvalue weighted by molar-refractivity contribution is 7.08. The number of piperidine rings is 1. The highest BCUT2D eigenvalue weighted by Gasteiger charge is 2.48. The van der Waals surface area contributed by atoms with Crippen LogP contribution in [0.1, 0.15) is 46.3 Å². The fourth-order valence-corrected chi connectivity index (χ4v) is 4.94. The number of fused-ring (bicyclic) bond motifs is 2. The molecule has 2 heterocycles. The van der Waals surface area contributed by atoms with E-state index in [4.69, 9.17) is 0 Å². The standard InChI is InChI=1S/C18H21N3O2S/c1-2-14-16(24-20-19-14)17(23)21-9-7-18(8-10-21)13-6-4-3-5-12(13)11-15(18)22/h3-6,15,22H,2,7-11H2,1H3. The van der Waals surface area contributed by atoms with Crippen LogP contribution in [0, 0.1) is 0 Å². The molecule has 24 heavy (non-hydrogen) atoms. The number of aryl methyl sites for hydroxylation is 1. The largest absolute Gasteiger partial charge is 0.392 e. The molecule has 0 radical (unpaired) electrons. The van der Waals surface area contributed by atoms with Crippen molar-refractivity contribution >= 4 is 17.4 Å². The van der Waals surface area contributed by atoms with Gasteiger partial charge in [-0.05, 0) is 48.3 Å². The van der Waals surface area contributed by atoms with Crippen molar-refractivity contribution in [3.8, 4) is 0 Å². The first-order valence-corrected chi connectivity index (χ1v) is 9.30. The Bertz CT molecular complexity index is 765. The van der Waals surface area contributed by atoms with Gasteiger partial charge in [-0.3, -0.25) is 4.79 Å². The Hall–Kier alpha value is -1.79. The Kier molecular flexibility index (Phi) is 3.89. The van der Waals surface area contributed by atoms with Crippen LogP contribution in [0.2, 0.25) is 0 Å². The molecule has 1 aliphatic heterocycles. The van der Waals surface area contributed by atoms with Crippen molar-refractivity contribution in [2.24, 2.45) is 0 Å². The minimum atomic E-state index is -0.344. The van der Waals surface area contributed by atoms with Crippen LogP contribution in [0.25, 0.3) is 0 Å². The second kappa shape index (κ2) is 5.93. The lowest BCUT2D eigenvalue weighted by atomic mass is 9.72. The van der Waals surface area contributed by atoms with E-state index in [1.54, 1.807) is 0 Å². The van der Waals surface area contributed by atoms with Gasteiger partial charge in [-0.1, -0.05) is 35.7 Å². The maximum atomic E-state index is 12.8. The molecule has 6 heteroatoms. The Morgan fingerprint density at radius 3 is 2.88 bits per heavy atom. The second-order valence-electron chi connectivity index (χ2n) is 6.73. The van der Waals surface area contributed by atoms with E-state index in [1.165, 1.54) is 22.7 Å². The molecule has 1 aromatic carbocycles. The van der Waals surface area contributed by atoms with Gasteiger partial charge in [0, 0.05) is 18.5 Å². The van der Waals surface area contributed by atoms with E-state index in [-0.39, 0.29) is 17.4 Å². The third kappa shape index (κ3) is 2.28. The molecule has 5 nitrogen and oxygen atoms in total. The highest BCUT2D eigenvalue weighted by atomic mass is 32.1. The number of aliphatic hydroxyl groups excluding tert-OH is 1. The number of likely N-dealkylation sites (tertiary alicyclic amines) is 1. The van der Waals surface area contributed by atoms with Gasteiger partial charge in [-0.15, -0.1) is 5.10 Å². The quantitative estimate of drug-likeness (QED) is 0.908. The van der Waals surface area contributed by atoms with Crippen LogP contribution < -0.4 is 0 Å². The maximum absolute atomic E-state index is 12.8. The van der Waals surface area contributed by atoms with Crippen molar-refractivity contribution < 1.29 is 9.90 Å². The third-order valence-electron chi connectivity index (χ3n) is 5.63. The number of carbonyl (C=O) groups is 1. The number of aromatic nitrogens is 2. The first-order valence-electron chi connectivity index (χ1n) is 8.52. The van der Waals surface area contributed by atoms with Gasteiger partial charge >= 0.3 is 0 Å². The molecule has 126 valence electrons. The fraction of sp³-hybridized carbons (Fsp3) is 0.500. The van der Waals surface area contributed by atoms with Gasteiger partial charge in [0.2, 0.25) is 0 Å². The van der Waals surface area contributed by atoms with Gasteiger partial charge in [0.15, 0.2) is 0 Å². The van der Waals surface area contributed by atoms with Gasteiger partial charge in [-0.25, -0.2) is 0 Å². The number of hydrogen-bond acceptors (Lipinski definition) is 5. The van der Waals surface area contributed by atoms with E-state index >= 15 is 0 Å². The van der Waals surface area contributed by atoms with Gasteiger partial charge in [-0.2, -0.15) is 0 Å². The van der Waals surface area contributed by atoms with E-state index in [0.717, 1.165) is 31.4 Å². The maximum Gasteiger partial charge on any atom is 0.267 e. The number of carbonyl (C=O) groups excluding carboxylic acids is 1. The summed E-state index contributed by atoms with van der Waals surface area (Å²) in [5, 5.41) is 14.7. The minimum absolute atomic E-state index is 0.0393. The molecular formula is C18H21N3O2S. The molecule has 2 aliphatic rings. The van der Waals surface area contributed by atoms with Gasteiger partial charge in [0.05, 0.1) is 11.8 Å². The van der Waals surface area contributed by atoms with Gasteiger partial charge < -0.3 is 10.0 Å². The number of hydrogen-bond donors (Lipinski definition) is 1. The van der Waals surface area contributed by atoms with E-state index in [0.29, 0.717) is 18.0 Å². The van der Waals surface area contributed by atoms with Crippen molar-refractivity contribution in [1.29, 1.82) is 0 Å². The molecule has 1 spiro atoms. The Morgan fingerprint density at radius 1 is 1.38 bits per heavy atom. The zero-order valence-electron chi connectivity index (χ0n) is 13.7. The Balaban J connectivity index is 1.54. The molecule has 1 aromatic heterocycles. The van der Waals surface area contributed by atoms with Crippen LogP contribution in [0.15, 0.2) is 24.3 Å². The molecule has 0 bridgehead atoms. The topological polar surface area (TPSA) is 66.3 Å². The molecule has 2 aromatic rings. The van der Waals surface area contributed by atoms with Crippen LogP contribution in [0.4, 0.5) is 0 Å². The lowest BCUT2D eigenvalue weighted by molar-refractivity contribution is 0.0367. The summed E-state index contributed by atoms with van der Waals surface area (Å²) in [5.41, 5.74) is 3.13. The molecule has 1 atom stereocenters. The van der Waals surface area contributed by atoms with Gasteiger partial charge in [0.1, 0.15) is 4.88 Å². The summed E-state index contributed by atoms with van der Waals surface area (Å²) in [5.74, 6) is 0.0393. The fourth-order valence-electron chi connectivity index (χ4n) is 4.22. The van der Waals surface area contributed by atoms with E-state index in [9.17, 15) is 9.90 Å². The highest BCUT2D eigenvalue weighted by Crippen LogP contribution is 2.46. The van der Waals surface area contributed by atoms with E-state index < -0.39 is 0 Å². The summed E-state index contributed by atoms with van der Waals surface area (Å²) in [6.45, 7) is 3.33. The van der Waals surface area contributed by atoms with Crippen molar-refractivity contribution in [2.75, 3.05) is 13.1 Å². The average Bonchev–Trinajstić information content (AvgIpc) is 3.19. The van der Waals surface area contributed by atoms with Crippen LogP contribution in [0.3, 0.4) is 0 Å². The zero-order valence-corrected chi connectivity index (χ0v) is 14.6. The normalized spacial score (nSPS) is 21.9. The molecule has 0 saturated carbocycles. The Labute approximate surface area is 145 Å². The molecule has 1 amide bonds. The van der Waals surface area contributed by atoms with Crippen molar-refractivity contribution in [1.82, 2.24) is 14.5 Å². The number of rotatable bonds is 2. The van der Waals surface area contributed by atoms with Crippen LogP contribution in [-0.4, -0.2) is 44.7 Å². The third-order valence-corrected chi connectivity index (χ3v) is 6.39. The summed E-state index contributed by atoms with van der Waals surface area (Å²) in [6.07, 6.45) is 2.72. The summed E-state index contributed by atoms with van der Waals surface area (Å²) in [7, 11) is 0. The summed E-state index contributed by atoms with van der Waals surface area (Å²) >= 11 is 1.19. The second-order valence-corrected chi connectivity index (χ2v) is 7.48. The Morgan fingerprint density at radius 2 is 2.12 bits per heavy atom. The average molecular weight is 343 g/mol. The van der Waals surface area contributed by atoms with Crippen molar-refractivity contribution in [3.63, 3.8) is 0 Å². The first kappa shape index (κ1) is 15.7. The van der Waals surface area contributed by atoms with Crippen molar-refractivity contribution in [3.05, 3.63) is 46.0 Å². The minimum Gasteiger partial charge on any atom is -0.392 e. The van der Waals surface area contributed by atoms with E-state index in [2.05, 4.69) is 21.7 Å².